The van der Waals surface area contributed by atoms with Crippen LogP contribution in [0.1, 0.15) is 112 Å². The largest absolute Gasteiger partial charge is 0.247 e. The molecule has 0 spiro atoms. The van der Waals surface area contributed by atoms with Gasteiger partial charge in [0.15, 0.2) is 0 Å². The second-order valence-electron chi connectivity index (χ2n) is 12.4. The van der Waals surface area contributed by atoms with Gasteiger partial charge in [-0.15, -0.1) is 0 Å². The molecule has 166 valence electrons. The molecule has 1 heteroatoms. The standard InChI is InChI=1S/C28H47F/c1-20-17-22(19-24(29)18-20)11-12-23-10-8-16-28(6)25(13-14-26(23)28)21(2)9-7-15-27(3,4)5/h11-12,20-21,24-26H,7-10,13-19H2,1-6H3/b22-11-,23-12+/t20-,21-,24+,25-,26+,28-/m1/s1. The fourth-order valence-corrected chi connectivity index (χ4v) is 7.15. The lowest BCUT2D eigenvalue weighted by Gasteiger charge is -2.44. The lowest BCUT2D eigenvalue weighted by atomic mass is 9.60. The van der Waals surface area contributed by atoms with Crippen molar-refractivity contribution in [2.24, 2.45) is 34.5 Å². The summed E-state index contributed by atoms with van der Waals surface area (Å²) in [6.45, 7) is 14.5. The predicted octanol–water partition coefficient (Wildman–Crippen LogP) is 9.07. The number of alkyl halides is 1. The molecule has 0 heterocycles. The molecule has 3 fully saturated rings. The van der Waals surface area contributed by atoms with Crippen LogP contribution in [0.4, 0.5) is 4.39 Å². The molecule has 0 aromatic rings. The SMILES string of the molecule is C[C@@H]1C/C(=C/C=C2\CCC[C@]3(C)[C@@H]([C@H](C)CCCC(C)(C)C)CC[C@@H]23)C[C@@H](F)C1. The minimum absolute atomic E-state index is 0.464. The van der Waals surface area contributed by atoms with E-state index >= 15 is 0 Å². The van der Waals surface area contributed by atoms with Crippen LogP contribution < -0.4 is 0 Å². The van der Waals surface area contributed by atoms with Crippen molar-refractivity contribution in [3.05, 3.63) is 23.3 Å². The van der Waals surface area contributed by atoms with Gasteiger partial charge >= 0.3 is 0 Å². The van der Waals surface area contributed by atoms with Gasteiger partial charge in [-0.05, 0) is 92.3 Å². The Morgan fingerprint density at radius 3 is 2.62 bits per heavy atom. The van der Waals surface area contributed by atoms with Crippen molar-refractivity contribution in [3.63, 3.8) is 0 Å². The van der Waals surface area contributed by atoms with Crippen LogP contribution in [-0.2, 0) is 0 Å². The third-order valence-electron chi connectivity index (χ3n) is 8.60. The van der Waals surface area contributed by atoms with Crippen molar-refractivity contribution >= 4 is 0 Å². The minimum Gasteiger partial charge on any atom is -0.247 e. The highest BCUT2D eigenvalue weighted by atomic mass is 19.1. The number of hydrogen-bond acceptors (Lipinski definition) is 0. The summed E-state index contributed by atoms with van der Waals surface area (Å²) >= 11 is 0. The van der Waals surface area contributed by atoms with E-state index in [0.717, 1.165) is 30.6 Å². The average Bonchev–Trinajstić information content (AvgIpc) is 2.95. The lowest BCUT2D eigenvalue weighted by molar-refractivity contribution is 0.0920. The molecule has 3 saturated carbocycles. The number of hydrogen-bond donors (Lipinski definition) is 0. The maximum absolute atomic E-state index is 14.0. The molecule has 0 unspecified atom stereocenters. The van der Waals surface area contributed by atoms with E-state index in [1.54, 1.807) is 5.57 Å². The van der Waals surface area contributed by atoms with Crippen LogP contribution >= 0.6 is 0 Å². The summed E-state index contributed by atoms with van der Waals surface area (Å²) in [5, 5.41) is 0. The highest BCUT2D eigenvalue weighted by Gasteiger charge is 2.50. The van der Waals surface area contributed by atoms with Gasteiger partial charge in [-0.3, -0.25) is 0 Å². The third-order valence-corrected chi connectivity index (χ3v) is 8.60. The van der Waals surface area contributed by atoms with Crippen LogP contribution in [0.3, 0.4) is 0 Å². The summed E-state index contributed by atoms with van der Waals surface area (Å²) in [6, 6.07) is 0. The van der Waals surface area contributed by atoms with Crippen LogP contribution in [0, 0.1) is 34.5 Å². The molecule has 0 aromatic carbocycles. The number of halogens is 1. The fourth-order valence-electron chi connectivity index (χ4n) is 7.15. The van der Waals surface area contributed by atoms with Gasteiger partial charge in [-0.25, -0.2) is 4.39 Å². The van der Waals surface area contributed by atoms with E-state index in [0.29, 0.717) is 23.2 Å². The zero-order chi connectivity index (χ0) is 21.2. The molecule has 29 heavy (non-hydrogen) atoms. The first-order valence-electron chi connectivity index (χ1n) is 12.6. The first kappa shape index (κ1) is 23.1. The van der Waals surface area contributed by atoms with Gasteiger partial charge in [0.1, 0.15) is 6.17 Å². The van der Waals surface area contributed by atoms with E-state index in [9.17, 15) is 4.39 Å². The predicted molar refractivity (Wildman–Crippen MR) is 125 cm³/mol. The maximum Gasteiger partial charge on any atom is 0.104 e. The van der Waals surface area contributed by atoms with Gasteiger partial charge in [-0.2, -0.15) is 0 Å². The quantitative estimate of drug-likeness (QED) is 0.430. The van der Waals surface area contributed by atoms with Gasteiger partial charge in [0.25, 0.3) is 0 Å². The van der Waals surface area contributed by atoms with E-state index in [1.165, 1.54) is 56.9 Å². The molecule has 0 N–H and O–H groups in total. The first-order chi connectivity index (χ1) is 13.6. The number of rotatable bonds is 5. The van der Waals surface area contributed by atoms with Crippen molar-refractivity contribution in [2.45, 2.75) is 118 Å². The molecule has 0 aliphatic heterocycles. The molecular weight excluding hydrogens is 355 g/mol. The van der Waals surface area contributed by atoms with Gasteiger partial charge < -0.3 is 0 Å². The molecule has 0 radical (unpaired) electrons. The molecule has 0 saturated heterocycles. The molecule has 3 aliphatic carbocycles. The van der Waals surface area contributed by atoms with E-state index < -0.39 is 6.17 Å². The van der Waals surface area contributed by atoms with Crippen LogP contribution in [0.15, 0.2) is 23.3 Å². The van der Waals surface area contributed by atoms with Gasteiger partial charge in [0.05, 0.1) is 0 Å². The highest BCUT2D eigenvalue weighted by molar-refractivity contribution is 5.26. The fraction of sp³-hybridized carbons (Fsp3) is 0.857. The summed E-state index contributed by atoms with van der Waals surface area (Å²) in [5.74, 6) is 3.00. The molecule has 0 amide bonds. The summed E-state index contributed by atoms with van der Waals surface area (Å²) in [4.78, 5) is 0. The molecule has 0 nitrogen and oxygen atoms in total. The van der Waals surface area contributed by atoms with Crippen molar-refractivity contribution in [3.8, 4) is 0 Å². The van der Waals surface area contributed by atoms with Crippen LogP contribution in [-0.4, -0.2) is 6.17 Å². The maximum atomic E-state index is 14.0. The van der Waals surface area contributed by atoms with E-state index in [1.807, 2.05) is 0 Å². The van der Waals surface area contributed by atoms with Crippen molar-refractivity contribution < 1.29 is 4.39 Å². The zero-order valence-corrected chi connectivity index (χ0v) is 20.2. The average molecular weight is 403 g/mol. The Morgan fingerprint density at radius 1 is 1.17 bits per heavy atom. The Hall–Kier alpha value is -0.590. The normalized spacial score (nSPS) is 39.7. The Morgan fingerprint density at radius 2 is 1.93 bits per heavy atom. The second-order valence-corrected chi connectivity index (χ2v) is 12.4. The highest BCUT2D eigenvalue weighted by Crippen LogP contribution is 2.60. The summed E-state index contributed by atoms with van der Waals surface area (Å²) < 4.78 is 14.0. The van der Waals surface area contributed by atoms with E-state index in [4.69, 9.17) is 0 Å². The second kappa shape index (κ2) is 9.27. The smallest absolute Gasteiger partial charge is 0.104 e. The lowest BCUT2D eigenvalue weighted by Crippen LogP contribution is -2.36. The Labute approximate surface area is 180 Å². The van der Waals surface area contributed by atoms with Gasteiger partial charge in [0, 0.05) is 0 Å². The number of allylic oxidation sites excluding steroid dienone is 4. The molecule has 0 aromatic heterocycles. The Balaban J connectivity index is 1.66. The summed E-state index contributed by atoms with van der Waals surface area (Å²) in [7, 11) is 0. The molecule has 0 bridgehead atoms. The first-order valence-corrected chi connectivity index (χ1v) is 12.6. The summed E-state index contributed by atoms with van der Waals surface area (Å²) in [5.41, 5.74) is 3.99. The monoisotopic (exact) mass is 402 g/mol. The van der Waals surface area contributed by atoms with Crippen LogP contribution in [0.2, 0.25) is 0 Å². The van der Waals surface area contributed by atoms with Crippen molar-refractivity contribution in [1.82, 2.24) is 0 Å². The minimum atomic E-state index is -0.621. The van der Waals surface area contributed by atoms with Gasteiger partial charge in [0.2, 0.25) is 0 Å². The Kier molecular flexibility index (Phi) is 7.38. The molecule has 6 atom stereocenters. The van der Waals surface area contributed by atoms with E-state index in [-0.39, 0.29) is 0 Å². The van der Waals surface area contributed by atoms with E-state index in [2.05, 4.69) is 53.7 Å². The number of fused-ring (bicyclic) bond motifs is 1. The van der Waals surface area contributed by atoms with Crippen molar-refractivity contribution in [1.29, 1.82) is 0 Å². The third kappa shape index (κ3) is 5.76. The topological polar surface area (TPSA) is 0 Å². The Bertz CT molecular complexity index is 594. The van der Waals surface area contributed by atoms with Crippen LogP contribution in [0.5, 0.6) is 0 Å². The van der Waals surface area contributed by atoms with Crippen molar-refractivity contribution in [2.75, 3.05) is 0 Å². The molecular formula is C28H47F. The molecule has 3 aliphatic rings. The van der Waals surface area contributed by atoms with Gasteiger partial charge in [-0.1, -0.05) is 77.7 Å². The summed E-state index contributed by atoms with van der Waals surface area (Å²) in [6.07, 6.45) is 17.6. The van der Waals surface area contributed by atoms with Crippen LogP contribution in [0.25, 0.3) is 0 Å². The molecule has 3 rings (SSSR count). The zero-order valence-electron chi connectivity index (χ0n) is 20.2.